The first-order valence-electron chi connectivity index (χ1n) is 3.77. The Balaban J connectivity index is 3.05. The van der Waals surface area contributed by atoms with E-state index in [4.69, 9.17) is 5.73 Å². The van der Waals surface area contributed by atoms with Gasteiger partial charge in [0.15, 0.2) is 6.04 Å². The Hall–Kier alpha value is -2.00. The van der Waals surface area contributed by atoms with Crippen molar-refractivity contribution < 1.29 is 14.0 Å². The molecule has 0 aliphatic heterocycles. The number of carbonyl (C=O) groups excluding carboxylic acids is 2. The van der Waals surface area contributed by atoms with Crippen molar-refractivity contribution in [3.8, 4) is 0 Å². The molecule has 1 rings (SSSR count). The van der Waals surface area contributed by atoms with Crippen LogP contribution in [0.15, 0.2) is 29.3 Å². The zero-order valence-electron chi connectivity index (χ0n) is 7.11. The normalized spacial score (nSPS) is 11.5. The Morgan fingerprint density at radius 2 is 2.00 bits per heavy atom. The molecule has 72 valence electrons. The van der Waals surface area contributed by atoms with Gasteiger partial charge in [0.25, 0.3) is 0 Å². The summed E-state index contributed by atoms with van der Waals surface area (Å²) in [6.45, 7) is 0. The van der Waals surface area contributed by atoms with E-state index in [0.717, 1.165) is 12.1 Å². The van der Waals surface area contributed by atoms with Crippen LogP contribution in [0.3, 0.4) is 0 Å². The molecule has 0 saturated heterocycles. The molecule has 1 unspecified atom stereocenters. The summed E-state index contributed by atoms with van der Waals surface area (Å²) >= 11 is 0. The quantitative estimate of drug-likeness (QED) is 0.567. The standard InChI is InChI=1S/C9H7FN2O2/c10-7-3-1-6(2-4-7)8(9(11)14)12-5-13/h1-4,8H,(H2,11,14). The summed E-state index contributed by atoms with van der Waals surface area (Å²) in [5.41, 5.74) is 5.35. The number of rotatable bonds is 3. The lowest BCUT2D eigenvalue weighted by molar-refractivity contribution is -0.119. The third-order valence-electron chi connectivity index (χ3n) is 1.64. The average molecular weight is 194 g/mol. The van der Waals surface area contributed by atoms with Crippen LogP contribution < -0.4 is 5.73 Å². The van der Waals surface area contributed by atoms with E-state index >= 15 is 0 Å². The molecule has 0 aromatic heterocycles. The molecule has 0 bridgehead atoms. The number of benzene rings is 1. The first-order chi connectivity index (χ1) is 6.65. The smallest absolute Gasteiger partial charge is 0.247 e. The number of halogens is 1. The van der Waals surface area contributed by atoms with E-state index in [1.807, 2.05) is 0 Å². The van der Waals surface area contributed by atoms with Crippen LogP contribution in [-0.4, -0.2) is 12.0 Å². The maximum atomic E-state index is 12.5. The lowest BCUT2D eigenvalue weighted by atomic mass is 10.1. The number of nitrogens with zero attached hydrogens (tertiary/aromatic N) is 1. The third kappa shape index (κ3) is 2.24. The Bertz CT molecular complexity index is 380. The van der Waals surface area contributed by atoms with Gasteiger partial charge in [0.2, 0.25) is 12.0 Å². The number of nitrogens with two attached hydrogens (primary N) is 1. The number of isocyanates is 1. The molecule has 1 aromatic rings. The van der Waals surface area contributed by atoms with Gasteiger partial charge in [-0.05, 0) is 17.7 Å². The van der Waals surface area contributed by atoms with Gasteiger partial charge in [0.1, 0.15) is 5.82 Å². The second kappa shape index (κ2) is 4.30. The second-order valence-electron chi connectivity index (χ2n) is 2.58. The Kier molecular flexibility index (Phi) is 3.09. The van der Waals surface area contributed by atoms with E-state index < -0.39 is 17.8 Å². The minimum absolute atomic E-state index is 0.363. The Labute approximate surface area is 79.3 Å². The second-order valence-corrected chi connectivity index (χ2v) is 2.58. The number of aliphatic imine (C=N–C) groups is 1. The molecular weight excluding hydrogens is 187 g/mol. The van der Waals surface area contributed by atoms with E-state index in [2.05, 4.69) is 4.99 Å². The van der Waals surface area contributed by atoms with E-state index in [0.29, 0.717) is 5.56 Å². The van der Waals surface area contributed by atoms with Crippen molar-refractivity contribution in [2.45, 2.75) is 6.04 Å². The maximum Gasteiger partial charge on any atom is 0.247 e. The molecule has 14 heavy (non-hydrogen) atoms. The molecule has 0 aliphatic carbocycles. The van der Waals surface area contributed by atoms with Gasteiger partial charge in [0, 0.05) is 0 Å². The minimum Gasteiger partial charge on any atom is -0.367 e. The summed E-state index contributed by atoms with van der Waals surface area (Å²) in [5, 5.41) is 0. The number of hydrogen-bond donors (Lipinski definition) is 1. The molecule has 0 heterocycles. The highest BCUT2D eigenvalue weighted by molar-refractivity contribution is 5.82. The highest BCUT2D eigenvalue weighted by atomic mass is 19.1. The lowest BCUT2D eigenvalue weighted by Crippen LogP contribution is -2.19. The van der Waals surface area contributed by atoms with Crippen LogP contribution in [0.4, 0.5) is 4.39 Å². The molecule has 1 atom stereocenters. The van der Waals surface area contributed by atoms with Crippen LogP contribution in [0.1, 0.15) is 11.6 Å². The molecule has 0 saturated carbocycles. The molecular formula is C9H7FN2O2. The fraction of sp³-hybridized carbons (Fsp3) is 0.111. The molecule has 1 aromatic carbocycles. The van der Waals surface area contributed by atoms with E-state index in [1.165, 1.54) is 18.2 Å². The first kappa shape index (κ1) is 10.1. The van der Waals surface area contributed by atoms with E-state index in [-0.39, 0.29) is 0 Å². The van der Waals surface area contributed by atoms with Crippen LogP contribution in [0.5, 0.6) is 0 Å². The van der Waals surface area contributed by atoms with Gasteiger partial charge in [-0.3, -0.25) is 4.79 Å². The minimum atomic E-state index is -1.09. The third-order valence-corrected chi connectivity index (χ3v) is 1.64. The van der Waals surface area contributed by atoms with Crippen molar-refractivity contribution in [2.24, 2.45) is 10.7 Å². The van der Waals surface area contributed by atoms with Crippen molar-refractivity contribution in [2.75, 3.05) is 0 Å². The fourth-order valence-electron chi connectivity index (χ4n) is 1.00. The summed E-state index contributed by atoms with van der Waals surface area (Å²) in [5.74, 6) is -1.22. The van der Waals surface area contributed by atoms with Gasteiger partial charge in [-0.25, -0.2) is 9.18 Å². The van der Waals surface area contributed by atoms with E-state index in [9.17, 15) is 14.0 Å². The highest BCUT2D eigenvalue weighted by Crippen LogP contribution is 2.16. The topological polar surface area (TPSA) is 72.5 Å². The summed E-state index contributed by atoms with van der Waals surface area (Å²) in [7, 11) is 0. The van der Waals surface area contributed by atoms with Crippen molar-refractivity contribution in [1.82, 2.24) is 0 Å². The average Bonchev–Trinajstić information content (AvgIpc) is 2.15. The SMILES string of the molecule is NC(=O)C(N=C=O)c1ccc(F)cc1. The van der Waals surface area contributed by atoms with Crippen molar-refractivity contribution in [1.29, 1.82) is 0 Å². The monoisotopic (exact) mass is 194 g/mol. The van der Waals surface area contributed by atoms with Gasteiger partial charge < -0.3 is 5.73 Å². The molecule has 4 nitrogen and oxygen atoms in total. The van der Waals surface area contributed by atoms with Gasteiger partial charge >= 0.3 is 0 Å². The molecule has 5 heteroatoms. The van der Waals surface area contributed by atoms with Crippen LogP contribution in [0.2, 0.25) is 0 Å². The predicted octanol–water partition coefficient (Wildman–Crippen LogP) is 0.688. The van der Waals surface area contributed by atoms with Gasteiger partial charge in [-0.2, -0.15) is 4.99 Å². The summed E-state index contributed by atoms with van der Waals surface area (Å²) in [6, 6.07) is 3.90. The number of hydrogen-bond acceptors (Lipinski definition) is 3. The number of primary amides is 1. The molecule has 0 aliphatic rings. The zero-order chi connectivity index (χ0) is 10.6. The van der Waals surface area contributed by atoms with Crippen LogP contribution in [-0.2, 0) is 9.59 Å². The van der Waals surface area contributed by atoms with Crippen LogP contribution >= 0.6 is 0 Å². The van der Waals surface area contributed by atoms with Crippen molar-refractivity contribution in [3.05, 3.63) is 35.6 Å². The molecule has 0 radical (unpaired) electrons. The number of carbonyl (C=O) groups is 1. The Morgan fingerprint density at radius 3 is 2.43 bits per heavy atom. The summed E-state index contributed by atoms with van der Waals surface area (Å²) < 4.78 is 12.5. The van der Waals surface area contributed by atoms with Gasteiger partial charge in [-0.1, -0.05) is 12.1 Å². The van der Waals surface area contributed by atoms with Crippen LogP contribution in [0.25, 0.3) is 0 Å². The first-order valence-corrected chi connectivity index (χ1v) is 3.77. The zero-order valence-corrected chi connectivity index (χ0v) is 7.11. The number of amides is 1. The largest absolute Gasteiger partial charge is 0.367 e. The molecule has 2 N–H and O–H groups in total. The summed E-state index contributed by atoms with van der Waals surface area (Å²) in [4.78, 5) is 24.0. The fourth-order valence-corrected chi connectivity index (χ4v) is 1.00. The molecule has 0 fully saturated rings. The Morgan fingerprint density at radius 1 is 1.43 bits per heavy atom. The van der Waals surface area contributed by atoms with Gasteiger partial charge in [-0.15, -0.1) is 0 Å². The van der Waals surface area contributed by atoms with Crippen LogP contribution in [0, 0.1) is 5.82 Å². The maximum absolute atomic E-state index is 12.5. The summed E-state index contributed by atoms with van der Waals surface area (Å²) in [6.07, 6.45) is 1.24. The van der Waals surface area contributed by atoms with Crippen molar-refractivity contribution in [3.63, 3.8) is 0 Å². The van der Waals surface area contributed by atoms with Crippen molar-refractivity contribution >= 4 is 12.0 Å². The molecule has 0 spiro atoms. The lowest BCUT2D eigenvalue weighted by Gasteiger charge is -2.05. The predicted molar refractivity (Wildman–Crippen MR) is 46.5 cm³/mol. The van der Waals surface area contributed by atoms with E-state index in [1.54, 1.807) is 0 Å². The highest BCUT2D eigenvalue weighted by Gasteiger charge is 2.16. The van der Waals surface area contributed by atoms with Gasteiger partial charge in [0.05, 0.1) is 0 Å². The molecule has 1 amide bonds.